The number of fused-ring (bicyclic) bond motifs is 1. The average molecular weight is 461 g/mol. The fourth-order valence-electron chi connectivity index (χ4n) is 3.49. The van der Waals surface area contributed by atoms with Gasteiger partial charge in [-0.2, -0.15) is 4.98 Å². The van der Waals surface area contributed by atoms with E-state index < -0.39 is 0 Å². The molecule has 0 radical (unpaired) electrons. The van der Waals surface area contributed by atoms with Crippen LogP contribution in [0.15, 0.2) is 42.6 Å². The summed E-state index contributed by atoms with van der Waals surface area (Å²) in [5, 5.41) is 13.7. The van der Waals surface area contributed by atoms with Crippen molar-refractivity contribution in [3.8, 4) is 17.4 Å². The van der Waals surface area contributed by atoms with Crippen molar-refractivity contribution in [1.82, 2.24) is 24.8 Å². The summed E-state index contributed by atoms with van der Waals surface area (Å²) < 4.78 is 12.6. The Balaban J connectivity index is 1.34. The van der Waals surface area contributed by atoms with Crippen molar-refractivity contribution < 1.29 is 19.1 Å². The number of amides is 2. The predicted molar refractivity (Wildman–Crippen MR) is 123 cm³/mol. The van der Waals surface area contributed by atoms with Crippen molar-refractivity contribution in [1.29, 1.82) is 0 Å². The largest absolute Gasteiger partial charge is 0.480 e. The third-order valence-corrected chi connectivity index (χ3v) is 5.56. The van der Waals surface area contributed by atoms with Gasteiger partial charge in [-0.15, -0.1) is 10.2 Å². The summed E-state index contributed by atoms with van der Waals surface area (Å²) in [4.78, 5) is 30.7. The van der Waals surface area contributed by atoms with Crippen LogP contribution in [-0.4, -0.2) is 50.8 Å². The quantitative estimate of drug-likeness (QED) is 0.433. The molecular weight excluding hydrogens is 438 g/mol. The molecule has 0 aliphatic heterocycles. The summed E-state index contributed by atoms with van der Waals surface area (Å²) in [6.45, 7) is 1.91. The number of methoxy groups -OCH3 is 1. The molecular formula is C23H23N7O4. The molecule has 34 heavy (non-hydrogen) atoms. The van der Waals surface area contributed by atoms with E-state index in [9.17, 15) is 9.59 Å². The van der Waals surface area contributed by atoms with Crippen LogP contribution in [0.1, 0.15) is 28.9 Å². The highest BCUT2D eigenvalue weighted by molar-refractivity contribution is 6.05. The summed E-state index contributed by atoms with van der Waals surface area (Å²) >= 11 is 0. The standard InChI is InChI=1S/C23H23N7O4/c1-13-4-7-15(10-18(13)29(2)22(32)17-11-20(33-3)27-26-17)34-16-8-9-19-24-23(28-30(19)12-16)25-21(31)14-5-6-14/h4,7-12,14H,5-6H2,1-3H3,(H,26,27)(H,25,28,31). The van der Waals surface area contributed by atoms with E-state index in [1.807, 2.05) is 19.1 Å². The smallest absolute Gasteiger partial charge is 0.276 e. The van der Waals surface area contributed by atoms with E-state index in [0.29, 0.717) is 34.4 Å². The molecule has 0 bridgehead atoms. The number of carbonyl (C=O) groups excluding carboxylic acids is 2. The molecule has 11 nitrogen and oxygen atoms in total. The number of carbonyl (C=O) groups is 2. The van der Waals surface area contributed by atoms with Crippen LogP contribution in [0.25, 0.3) is 5.65 Å². The highest BCUT2D eigenvalue weighted by atomic mass is 16.5. The molecule has 1 aliphatic carbocycles. The van der Waals surface area contributed by atoms with Gasteiger partial charge < -0.3 is 14.4 Å². The summed E-state index contributed by atoms with van der Waals surface area (Å²) in [7, 11) is 3.17. The van der Waals surface area contributed by atoms with E-state index >= 15 is 0 Å². The van der Waals surface area contributed by atoms with Crippen LogP contribution < -0.4 is 19.7 Å². The second kappa shape index (κ2) is 8.50. The highest BCUT2D eigenvalue weighted by Gasteiger charge is 2.30. The van der Waals surface area contributed by atoms with E-state index in [-0.39, 0.29) is 23.7 Å². The van der Waals surface area contributed by atoms with Crippen molar-refractivity contribution in [2.24, 2.45) is 5.92 Å². The number of H-pyrrole nitrogens is 1. The first-order chi connectivity index (χ1) is 16.4. The Morgan fingerprint density at radius 1 is 1.18 bits per heavy atom. The molecule has 0 spiro atoms. The lowest BCUT2D eigenvalue weighted by Crippen LogP contribution is -2.27. The summed E-state index contributed by atoms with van der Waals surface area (Å²) in [6, 6.07) is 10.6. The Labute approximate surface area is 194 Å². The van der Waals surface area contributed by atoms with E-state index in [0.717, 1.165) is 18.4 Å². The molecule has 3 aromatic heterocycles. The van der Waals surface area contributed by atoms with E-state index in [1.165, 1.54) is 12.0 Å². The normalized spacial score (nSPS) is 13.0. The first kappa shape index (κ1) is 21.4. The van der Waals surface area contributed by atoms with Gasteiger partial charge in [-0.25, -0.2) is 4.52 Å². The molecule has 11 heteroatoms. The summed E-state index contributed by atoms with van der Waals surface area (Å²) in [6.07, 6.45) is 3.50. The number of nitrogens with zero attached hydrogens (tertiary/aromatic N) is 5. The van der Waals surface area contributed by atoms with Crippen molar-refractivity contribution in [2.45, 2.75) is 19.8 Å². The van der Waals surface area contributed by atoms with Crippen LogP contribution in [0, 0.1) is 12.8 Å². The lowest BCUT2D eigenvalue weighted by atomic mass is 10.1. The zero-order valence-electron chi connectivity index (χ0n) is 18.9. The third-order valence-electron chi connectivity index (χ3n) is 5.56. The van der Waals surface area contributed by atoms with Crippen molar-refractivity contribution >= 4 is 29.1 Å². The molecule has 0 atom stereocenters. The maximum atomic E-state index is 12.9. The zero-order chi connectivity index (χ0) is 23.8. The average Bonchev–Trinajstić information content (AvgIpc) is 3.45. The second-order valence-corrected chi connectivity index (χ2v) is 8.11. The molecule has 2 N–H and O–H groups in total. The summed E-state index contributed by atoms with van der Waals surface area (Å²) in [5.41, 5.74) is 2.48. The first-order valence-electron chi connectivity index (χ1n) is 10.7. The Morgan fingerprint density at radius 3 is 2.71 bits per heavy atom. The molecule has 5 rings (SSSR count). The van der Waals surface area contributed by atoms with Gasteiger partial charge >= 0.3 is 0 Å². The van der Waals surface area contributed by atoms with E-state index in [2.05, 4.69) is 25.6 Å². The maximum Gasteiger partial charge on any atom is 0.276 e. The number of pyridine rings is 1. The van der Waals surface area contributed by atoms with Crippen LogP contribution in [0.5, 0.6) is 17.4 Å². The Bertz CT molecular complexity index is 1390. The van der Waals surface area contributed by atoms with Crippen LogP contribution in [0.3, 0.4) is 0 Å². The Morgan fingerprint density at radius 2 is 1.97 bits per heavy atom. The molecule has 174 valence electrons. The molecule has 3 heterocycles. The van der Waals surface area contributed by atoms with Crippen LogP contribution in [0.2, 0.25) is 0 Å². The van der Waals surface area contributed by atoms with Gasteiger partial charge in [0.15, 0.2) is 5.65 Å². The highest BCUT2D eigenvalue weighted by Crippen LogP contribution is 2.31. The van der Waals surface area contributed by atoms with Gasteiger partial charge in [-0.1, -0.05) is 6.07 Å². The minimum atomic E-state index is -0.263. The molecule has 0 saturated heterocycles. The minimum absolute atomic E-state index is 0.0493. The molecule has 1 fully saturated rings. The van der Waals surface area contributed by atoms with Crippen molar-refractivity contribution in [2.75, 3.05) is 24.4 Å². The SMILES string of the molecule is COc1cc(C(=O)N(C)c2cc(Oc3ccc4nc(NC(=O)C5CC5)nn4c3)ccc2C)[nH]n1. The topological polar surface area (TPSA) is 127 Å². The van der Waals surface area contributed by atoms with Gasteiger partial charge in [0.25, 0.3) is 5.91 Å². The minimum Gasteiger partial charge on any atom is -0.480 e. The molecule has 1 aromatic carbocycles. The van der Waals surface area contributed by atoms with Gasteiger partial charge in [0.2, 0.25) is 17.7 Å². The van der Waals surface area contributed by atoms with Crippen molar-refractivity contribution in [3.63, 3.8) is 0 Å². The fourth-order valence-corrected chi connectivity index (χ4v) is 3.49. The predicted octanol–water partition coefficient (Wildman–Crippen LogP) is 3.19. The molecule has 1 saturated carbocycles. The second-order valence-electron chi connectivity index (χ2n) is 8.11. The van der Waals surface area contributed by atoms with Gasteiger partial charge in [0, 0.05) is 25.1 Å². The molecule has 0 unspecified atom stereocenters. The van der Waals surface area contributed by atoms with E-state index in [1.54, 1.807) is 42.0 Å². The number of nitrogens with one attached hydrogen (secondary N) is 2. The number of rotatable bonds is 7. The third kappa shape index (κ3) is 4.27. The Hall–Kier alpha value is -4.41. The number of benzene rings is 1. The number of aryl methyl sites for hydroxylation is 1. The fraction of sp³-hybridized carbons (Fsp3) is 0.261. The zero-order valence-corrected chi connectivity index (χ0v) is 18.9. The van der Waals surface area contributed by atoms with Gasteiger partial charge in [-0.05, 0) is 43.5 Å². The number of hydrogen-bond donors (Lipinski definition) is 2. The molecule has 1 aliphatic rings. The van der Waals surface area contributed by atoms with Gasteiger partial charge in [-0.3, -0.25) is 20.0 Å². The van der Waals surface area contributed by atoms with Crippen LogP contribution >= 0.6 is 0 Å². The van der Waals surface area contributed by atoms with Crippen molar-refractivity contribution in [3.05, 3.63) is 53.9 Å². The number of anilines is 2. The van der Waals surface area contributed by atoms with E-state index in [4.69, 9.17) is 9.47 Å². The maximum absolute atomic E-state index is 12.9. The molecule has 4 aromatic rings. The lowest BCUT2D eigenvalue weighted by molar-refractivity contribution is -0.117. The number of aromatic nitrogens is 5. The first-order valence-corrected chi connectivity index (χ1v) is 10.7. The lowest BCUT2D eigenvalue weighted by Gasteiger charge is -2.19. The number of aromatic amines is 1. The van der Waals surface area contributed by atoms with Crippen LogP contribution in [0.4, 0.5) is 11.6 Å². The van der Waals surface area contributed by atoms with Gasteiger partial charge in [0.05, 0.1) is 19.0 Å². The van der Waals surface area contributed by atoms with Gasteiger partial charge in [0.1, 0.15) is 17.2 Å². The number of hydrogen-bond acceptors (Lipinski definition) is 7. The Kier molecular flexibility index (Phi) is 5.36. The monoisotopic (exact) mass is 461 g/mol. The summed E-state index contributed by atoms with van der Waals surface area (Å²) in [5.74, 6) is 1.43. The van der Waals surface area contributed by atoms with Crippen LogP contribution in [-0.2, 0) is 4.79 Å². The number of ether oxygens (including phenoxy) is 2. The molecule has 2 amide bonds.